The third kappa shape index (κ3) is 4.74. The summed E-state index contributed by atoms with van der Waals surface area (Å²) in [5.74, 6) is 1.15. The van der Waals surface area contributed by atoms with E-state index in [4.69, 9.17) is 9.47 Å². The number of esters is 1. The van der Waals surface area contributed by atoms with Gasteiger partial charge in [-0.3, -0.25) is 4.79 Å². The zero-order chi connectivity index (χ0) is 16.7. The van der Waals surface area contributed by atoms with E-state index in [0.29, 0.717) is 26.0 Å². The molecule has 0 bridgehead atoms. The highest BCUT2D eigenvalue weighted by molar-refractivity contribution is 5.81. The molecule has 1 atom stereocenters. The number of hydrogen-bond acceptors (Lipinski definition) is 5. The minimum atomic E-state index is -0.397. The van der Waals surface area contributed by atoms with Crippen LogP contribution in [0.3, 0.4) is 0 Å². The fourth-order valence-corrected chi connectivity index (χ4v) is 2.39. The van der Waals surface area contributed by atoms with Gasteiger partial charge in [0.15, 0.2) is 0 Å². The third-order valence-electron chi connectivity index (χ3n) is 3.62. The number of benzene rings is 1. The number of carbonyl (C=O) groups excluding carboxylic acids is 2. The predicted molar refractivity (Wildman–Crippen MR) is 84.6 cm³/mol. The molecule has 1 aliphatic heterocycles. The smallest absolute Gasteiger partial charge is 0.330 e. The maximum absolute atomic E-state index is 12.0. The van der Waals surface area contributed by atoms with Gasteiger partial charge in [0.2, 0.25) is 5.91 Å². The lowest BCUT2D eigenvalue weighted by Gasteiger charge is -2.09. The standard InChI is InChI=1S/C17H21NO5/c1-21-13-6-7-14-12(11-23-15(14)10-13)9-16(19)18-8-4-3-5-17(20)22-2/h3,5-7,10,12H,4,8-9,11H2,1-2H3,(H,18,19)/b5-3+. The van der Waals surface area contributed by atoms with Crippen molar-refractivity contribution in [2.24, 2.45) is 0 Å². The molecule has 1 aromatic rings. The van der Waals surface area contributed by atoms with Gasteiger partial charge in [-0.05, 0) is 12.5 Å². The van der Waals surface area contributed by atoms with Crippen LogP contribution in [0.4, 0.5) is 0 Å². The zero-order valence-electron chi connectivity index (χ0n) is 13.3. The highest BCUT2D eigenvalue weighted by atomic mass is 16.5. The number of nitrogens with one attached hydrogen (secondary N) is 1. The lowest BCUT2D eigenvalue weighted by molar-refractivity contribution is -0.134. The molecule has 1 heterocycles. The Morgan fingerprint density at radius 2 is 2.22 bits per heavy atom. The van der Waals surface area contributed by atoms with E-state index in [-0.39, 0.29) is 11.8 Å². The fourth-order valence-electron chi connectivity index (χ4n) is 2.39. The Labute approximate surface area is 135 Å². The molecule has 0 saturated carbocycles. The molecule has 0 radical (unpaired) electrons. The molecule has 6 nitrogen and oxygen atoms in total. The van der Waals surface area contributed by atoms with Gasteiger partial charge in [-0.15, -0.1) is 0 Å². The Hall–Kier alpha value is -2.50. The summed E-state index contributed by atoms with van der Waals surface area (Å²) in [5.41, 5.74) is 1.03. The first-order valence-electron chi connectivity index (χ1n) is 7.46. The lowest BCUT2D eigenvalue weighted by atomic mass is 9.97. The summed E-state index contributed by atoms with van der Waals surface area (Å²) in [5, 5.41) is 2.83. The van der Waals surface area contributed by atoms with E-state index in [2.05, 4.69) is 10.1 Å². The maximum atomic E-state index is 12.0. The van der Waals surface area contributed by atoms with Crippen LogP contribution in [0, 0.1) is 0 Å². The van der Waals surface area contributed by atoms with Crippen LogP contribution in [0.25, 0.3) is 0 Å². The van der Waals surface area contributed by atoms with Crippen molar-refractivity contribution < 1.29 is 23.8 Å². The van der Waals surface area contributed by atoms with Gasteiger partial charge < -0.3 is 19.5 Å². The number of hydrogen-bond donors (Lipinski definition) is 1. The average Bonchev–Trinajstić information content (AvgIpc) is 2.96. The molecule has 1 N–H and O–H groups in total. The second kappa shape index (κ2) is 8.22. The van der Waals surface area contributed by atoms with Crippen molar-refractivity contribution in [1.29, 1.82) is 0 Å². The number of fused-ring (bicyclic) bond motifs is 1. The van der Waals surface area contributed by atoms with Crippen LogP contribution in [0.15, 0.2) is 30.4 Å². The molecule has 0 fully saturated rings. The van der Waals surface area contributed by atoms with Crippen molar-refractivity contribution in [3.05, 3.63) is 35.9 Å². The van der Waals surface area contributed by atoms with Gasteiger partial charge in [0.05, 0.1) is 20.8 Å². The van der Waals surface area contributed by atoms with Crippen molar-refractivity contribution in [3.8, 4) is 11.5 Å². The molecule has 0 spiro atoms. The number of amides is 1. The molecular formula is C17H21NO5. The second-order valence-electron chi connectivity index (χ2n) is 5.18. The Morgan fingerprint density at radius 1 is 1.39 bits per heavy atom. The summed E-state index contributed by atoms with van der Waals surface area (Å²) in [6, 6.07) is 5.65. The first kappa shape index (κ1) is 16.9. The molecule has 1 aliphatic rings. The van der Waals surface area contributed by atoms with E-state index in [1.807, 2.05) is 18.2 Å². The van der Waals surface area contributed by atoms with Crippen LogP contribution in [0.1, 0.15) is 24.3 Å². The molecule has 1 amide bonds. The number of carbonyl (C=O) groups is 2. The van der Waals surface area contributed by atoms with Crippen molar-refractivity contribution in [1.82, 2.24) is 5.32 Å². The van der Waals surface area contributed by atoms with Gasteiger partial charge in [0.1, 0.15) is 11.5 Å². The van der Waals surface area contributed by atoms with Gasteiger partial charge in [0, 0.05) is 36.6 Å². The molecular weight excluding hydrogens is 298 g/mol. The first-order valence-corrected chi connectivity index (χ1v) is 7.46. The van der Waals surface area contributed by atoms with Crippen LogP contribution in [-0.2, 0) is 14.3 Å². The summed E-state index contributed by atoms with van der Waals surface area (Å²) in [4.78, 5) is 22.9. The van der Waals surface area contributed by atoms with Gasteiger partial charge in [-0.1, -0.05) is 12.1 Å². The van der Waals surface area contributed by atoms with Crippen LogP contribution in [0.2, 0.25) is 0 Å². The van der Waals surface area contributed by atoms with Crippen LogP contribution in [0.5, 0.6) is 11.5 Å². The normalized spacial score (nSPS) is 15.8. The number of rotatable bonds is 7. The summed E-state index contributed by atoms with van der Waals surface area (Å²) in [6.45, 7) is 0.980. The second-order valence-corrected chi connectivity index (χ2v) is 5.18. The van der Waals surface area contributed by atoms with Crippen molar-refractivity contribution in [2.45, 2.75) is 18.8 Å². The van der Waals surface area contributed by atoms with E-state index < -0.39 is 5.97 Å². The molecule has 23 heavy (non-hydrogen) atoms. The molecule has 0 aromatic heterocycles. The van der Waals surface area contributed by atoms with Gasteiger partial charge in [-0.25, -0.2) is 4.79 Å². The van der Waals surface area contributed by atoms with Gasteiger partial charge in [0.25, 0.3) is 0 Å². The minimum Gasteiger partial charge on any atom is -0.497 e. The van der Waals surface area contributed by atoms with Gasteiger partial charge >= 0.3 is 5.97 Å². The molecule has 1 unspecified atom stereocenters. The van der Waals surface area contributed by atoms with E-state index in [1.165, 1.54) is 13.2 Å². The van der Waals surface area contributed by atoms with E-state index >= 15 is 0 Å². The molecule has 0 aliphatic carbocycles. The monoisotopic (exact) mass is 319 g/mol. The van der Waals surface area contributed by atoms with Crippen molar-refractivity contribution >= 4 is 11.9 Å². The largest absolute Gasteiger partial charge is 0.497 e. The summed E-state index contributed by atoms with van der Waals surface area (Å²) in [6.07, 6.45) is 3.98. The Kier molecular flexibility index (Phi) is 6.02. The topological polar surface area (TPSA) is 73.9 Å². The van der Waals surface area contributed by atoms with Gasteiger partial charge in [-0.2, -0.15) is 0 Å². The molecule has 124 valence electrons. The number of methoxy groups -OCH3 is 2. The fraction of sp³-hybridized carbons (Fsp3) is 0.412. The van der Waals surface area contributed by atoms with Crippen molar-refractivity contribution in [2.75, 3.05) is 27.4 Å². The zero-order valence-corrected chi connectivity index (χ0v) is 13.3. The van der Waals surface area contributed by atoms with E-state index in [0.717, 1.165) is 17.1 Å². The van der Waals surface area contributed by atoms with Crippen LogP contribution >= 0.6 is 0 Å². The van der Waals surface area contributed by atoms with Crippen LogP contribution < -0.4 is 14.8 Å². The minimum absolute atomic E-state index is 0.0336. The summed E-state index contributed by atoms with van der Waals surface area (Å²) >= 11 is 0. The quantitative estimate of drug-likeness (QED) is 0.471. The summed E-state index contributed by atoms with van der Waals surface area (Å²) < 4.78 is 15.3. The Balaban J connectivity index is 1.77. The Bertz CT molecular complexity index is 597. The molecule has 6 heteroatoms. The predicted octanol–water partition coefficient (Wildman–Crippen LogP) is 1.80. The molecule has 1 aromatic carbocycles. The molecule has 0 saturated heterocycles. The van der Waals surface area contributed by atoms with Crippen LogP contribution in [-0.4, -0.2) is 39.2 Å². The maximum Gasteiger partial charge on any atom is 0.330 e. The molecule has 2 rings (SSSR count). The Morgan fingerprint density at radius 3 is 2.96 bits per heavy atom. The third-order valence-corrected chi connectivity index (χ3v) is 3.62. The lowest BCUT2D eigenvalue weighted by Crippen LogP contribution is -2.26. The highest BCUT2D eigenvalue weighted by Gasteiger charge is 2.26. The first-order chi connectivity index (χ1) is 11.1. The summed E-state index contributed by atoms with van der Waals surface area (Å²) in [7, 11) is 2.93. The van der Waals surface area contributed by atoms with E-state index in [1.54, 1.807) is 13.2 Å². The highest BCUT2D eigenvalue weighted by Crippen LogP contribution is 2.38. The van der Waals surface area contributed by atoms with E-state index in [9.17, 15) is 9.59 Å². The SMILES string of the molecule is COC(=O)/C=C/CCNC(=O)CC1COc2cc(OC)ccc21. The average molecular weight is 319 g/mol. The number of ether oxygens (including phenoxy) is 3. The van der Waals surface area contributed by atoms with Crippen molar-refractivity contribution in [3.63, 3.8) is 0 Å².